The van der Waals surface area contributed by atoms with Gasteiger partial charge in [-0.3, -0.25) is 4.79 Å². The number of hydrogen-bond donors (Lipinski definition) is 0. The van der Waals surface area contributed by atoms with Gasteiger partial charge < -0.3 is 0 Å². The van der Waals surface area contributed by atoms with Crippen LogP contribution in [0.5, 0.6) is 0 Å². The third-order valence-electron chi connectivity index (χ3n) is 2.96. The number of allylic oxidation sites excluding steroid dienone is 4. The summed E-state index contributed by atoms with van der Waals surface area (Å²) in [5.41, 5.74) is 1.52. The minimum absolute atomic E-state index is 0.372. The fourth-order valence-corrected chi connectivity index (χ4v) is 1.93. The minimum Gasteiger partial charge on any atom is -0.299 e. The normalized spacial score (nSPS) is 21.7. The van der Waals surface area contributed by atoms with E-state index in [-0.39, 0.29) is 0 Å². The van der Waals surface area contributed by atoms with Crippen molar-refractivity contribution in [3.05, 3.63) is 23.8 Å². The van der Waals surface area contributed by atoms with Gasteiger partial charge in [0, 0.05) is 12.8 Å². The third-order valence-corrected chi connectivity index (χ3v) is 2.96. The van der Waals surface area contributed by atoms with Crippen LogP contribution in [0.3, 0.4) is 0 Å². The second-order valence-electron chi connectivity index (χ2n) is 4.51. The zero-order valence-corrected chi connectivity index (χ0v) is 9.96. The maximum atomic E-state index is 11.3. The van der Waals surface area contributed by atoms with Gasteiger partial charge in [-0.05, 0) is 38.5 Å². The minimum atomic E-state index is 0.372. The summed E-state index contributed by atoms with van der Waals surface area (Å²) in [5.74, 6) is 1.04. The molecule has 0 saturated carbocycles. The smallest absolute Gasteiger partial charge is 0.136 e. The first-order chi connectivity index (χ1) is 7.22. The number of carbonyl (C=O) groups is 1. The highest BCUT2D eigenvalue weighted by molar-refractivity contribution is 5.79. The lowest BCUT2D eigenvalue weighted by molar-refractivity contribution is -0.118. The molecule has 1 atom stereocenters. The van der Waals surface area contributed by atoms with Crippen molar-refractivity contribution in [1.29, 1.82) is 0 Å². The van der Waals surface area contributed by atoms with E-state index in [1.165, 1.54) is 18.4 Å². The average molecular weight is 206 g/mol. The maximum absolute atomic E-state index is 11.3. The van der Waals surface area contributed by atoms with Gasteiger partial charge >= 0.3 is 0 Å². The van der Waals surface area contributed by atoms with Crippen LogP contribution in [-0.2, 0) is 4.79 Å². The Hall–Kier alpha value is -0.850. The summed E-state index contributed by atoms with van der Waals surface area (Å²) >= 11 is 0. The van der Waals surface area contributed by atoms with Gasteiger partial charge in [0.1, 0.15) is 5.78 Å². The topological polar surface area (TPSA) is 17.1 Å². The van der Waals surface area contributed by atoms with Crippen molar-refractivity contribution in [2.75, 3.05) is 0 Å². The third kappa shape index (κ3) is 4.96. The van der Waals surface area contributed by atoms with E-state index < -0.39 is 0 Å². The summed E-state index contributed by atoms with van der Waals surface area (Å²) in [6.07, 6.45) is 12.6. The lowest BCUT2D eigenvalue weighted by Crippen LogP contribution is -2.02. The van der Waals surface area contributed by atoms with Gasteiger partial charge in [-0.1, -0.05) is 30.7 Å². The van der Waals surface area contributed by atoms with E-state index >= 15 is 0 Å². The molecule has 15 heavy (non-hydrogen) atoms. The van der Waals surface area contributed by atoms with Gasteiger partial charge in [0.15, 0.2) is 0 Å². The molecule has 0 aromatic carbocycles. The van der Waals surface area contributed by atoms with Crippen LogP contribution < -0.4 is 0 Å². The number of ketones is 1. The molecule has 0 N–H and O–H groups in total. The van der Waals surface area contributed by atoms with Crippen molar-refractivity contribution in [3.8, 4) is 0 Å². The van der Waals surface area contributed by atoms with Gasteiger partial charge in [-0.15, -0.1) is 0 Å². The van der Waals surface area contributed by atoms with Crippen LogP contribution in [0, 0.1) is 5.92 Å². The molecule has 84 valence electrons. The van der Waals surface area contributed by atoms with Crippen LogP contribution in [0.1, 0.15) is 52.4 Å². The predicted molar refractivity (Wildman–Crippen MR) is 64.8 cm³/mol. The molecule has 0 aromatic heterocycles. The summed E-state index contributed by atoms with van der Waals surface area (Å²) in [6, 6.07) is 0. The first kappa shape index (κ1) is 12.2. The molecule has 1 heteroatoms. The zero-order chi connectivity index (χ0) is 11.1. The van der Waals surface area contributed by atoms with E-state index in [2.05, 4.69) is 32.1 Å². The highest BCUT2D eigenvalue weighted by Gasteiger charge is 2.08. The monoisotopic (exact) mass is 206 g/mol. The molecular weight excluding hydrogens is 184 g/mol. The van der Waals surface area contributed by atoms with Crippen LogP contribution in [0.25, 0.3) is 0 Å². The molecule has 0 bridgehead atoms. The lowest BCUT2D eigenvalue weighted by Gasteiger charge is -2.16. The fourth-order valence-electron chi connectivity index (χ4n) is 1.93. The highest BCUT2D eigenvalue weighted by atomic mass is 16.1. The fraction of sp³-hybridized carbons (Fsp3) is 0.643. The molecule has 1 nitrogen and oxygen atoms in total. The van der Waals surface area contributed by atoms with E-state index in [4.69, 9.17) is 0 Å². The van der Waals surface area contributed by atoms with Crippen molar-refractivity contribution < 1.29 is 4.79 Å². The van der Waals surface area contributed by atoms with Gasteiger partial charge in [-0.25, -0.2) is 0 Å². The Labute approximate surface area is 93.3 Å². The van der Waals surface area contributed by atoms with Crippen molar-refractivity contribution in [3.63, 3.8) is 0 Å². The summed E-state index contributed by atoms with van der Waals surface area (Å²) in [6.45, 7) is 4.25. The van der Waals surface area contributed by atoms with E-state index in [1.807, 2.05) is 0 Å². The van der Waals surface area contributed by atoms with E-state index in [0.717, 1.165) is 19.3 Å². The Morgan fingerprint density at radius 3 is 3.00 bits per heavy atom. The van der Waals surface area contributed by atoms with Crippen LogP contribution in [-0.4, -0.2) is 5.78 Å². The summed E-state index contributed by atoms with van der Waals surface area (Å²) in [7, 11) is 0. The standard InChI is InChI=1S/C14H22O/c1-3-5-14(15)7-4-6-13-10-8-12(2)9-11-13/h4,6,8,13H,3,5,7,9-11H2,1-2H3. The van der Waals surface area contributed by atoms with Gasteiger partial charge in [0.2, 0.25) is 0 Å². The SMILES string of the molecule is CCCC(=O)CC=CC1CC=C(C)CC1. The Morgan fingerprint density at radius 1 is 1.60 bits per heavy atom. The predicted octanol–water partition coefficient (Wildman–Crippen LogP) is 4.05. The molecule has 0 aromatic rings. The van der Waals surface area contributed by atoms with Crippen LogP contribution in [0.4, 0.5) is 0 Å². The molecule has 0 amide bonds. The second-order valence-corrected chi connectivity index (χ2v) is 4.51. The first-order valence-corrected chi connectivity index (χ1v) is 6.06. The molecule has 0 fully saturated rings. The largest absolute Gasteiger partial charge is 0.299 e. The summed E-state index contributed by atoms with van der Waals surface area (Å²) in [4.78, 5) is 11.3. The summed E-state index contributed by atoms with van der Waals surface area (Å²) in [5, 5.41) is 0. The molecule has 1 rings (SSSR count). The van der Waals surface area contributed by atoms with Gasteiger partial charge in [-0.2, -0.15) is 0 Å². The number of Topliss-reactive ketones (excluding diaryl/α,β-unsaturated/α-hetero) is 1. The molecule has 0 saturated heterocycles. The van der Waals surface area contributed by atoms with Crippen LogP contribution in [0.2, 0.25) is 0 Å². The molecular formula is C14H22O. The molecule has 0 radical (unpaired) electrons. The quantitative estimate of drug-likeness (QED) is 0.620. The van der Waals surface area contributed by atoms with Crippen LogP contribution >= 0.6 is 0 Å². The Morgan fingerprint density at radius 2 is 2.40 bits per heavy atom. The Balaban J connectivity index is 2.24. The lowest BCUT2D eigenvalue weighted by atomic mass is 9.90. The number of hydrogen-bond acceptors (Lipinski definition) is 1. The molecule has 1 unspecified atom stereocenters. The zero-order valence-electron chi connectivity index (χ0n) is 9.96. The molecule has 0 spiro atoms. The second kappa shape index (κ2) is 6.60. The van der Waals surface area contributed by atoms with Crippen molar-refractivity contribution in [2.24, 2.45) is 5.92 Å². The van der Waals surface area contributed by atoms with E-state index in [9.17, 15) is 4.79 Å². The number of carbonyl (C=O) groups excluding carboxylic acids is 1. The van der Waals surface area contributed by atoms with E-state index in [0.29, 0.717) is 18.1 Å². The summed E-state index contributed by atoms with van der Waals surface area (Å²) < 4.78 is 0. The van der Waals surface area contributed by atoms with Crippen molar-refractivity contribution in [1.82, 2.24) is 0 Å². The first-order valence-electron chi connectivity index (χ1n) is 6.06. The van der Waals surface area contributed by atoms with Crippen molar-refractivity contribution >= 4 is 5.78 Å². The van der Waals surface area contributed by atoms with Gasteiger partial charge in [0.25, 0.3) is 0 Å². The molecule has 0 heterocycles. The molecule has 1 aliphatic carbocycles. The maximum Gasteiger partial charge on any atom is 0.136 e. The molecule has 0 aliphatic heterocycles. The Kier molecular flexibility index (Phi) is 5.38. The average Bonchev–Trinajstić information content (AvgIpc) is 2.21. The van der Waals surface area contributed by atoms with E-state index in [1.54, 1.807) is 0 Å². The Bertz CT molecular complexity index is 261. The number of rotatable bonds is 5. The van der Waals surface area contributed by atoms with Crippen LogP contribution in [0.15, 0.2) is 23.8 Å². The van der Waals surface area contributed by atoms with Crippen molar-refractivity contribution in [2.45, 2.75) is 52.4 Å². The highest BCUT2D eigenvalue weighted by Crippen LogP contribution is 2.24. The van der Waals surface area contributed by atoms with Gasteiger partial charge in [0.05, 0.1) is 0 Å². The molecule has 1 aliphatic rings.